The van der Waals surface area contributed by atoms with Gasteiger partial charge in [-0.3, -0.25) is 0 Å². The molecule has 15 heavy (non-hydrogen) atoms. The molecule has 0 aliphatic carbocycles. The molecule has 0 spiro atoms. The second-order valence-electron chi connectivity index (χ2n) is 3.37. The molecule has 0 radical (unpaired) electrons. The number of hydrogen-bond acceptors (Lipinski definition) is 3. The van der Waals surface area contributed by atoms with Crippen LogP contribution in [0.5, 0.6) is 0 Å². The van der Waals surface area contributed by atoms with Crippen LogP contribution < -0.4 is 4.90 Å². The Labute approximate surface area is 99.2 Å². The highest BCUT2D eigenvalue weighted by atomic mass is 35.5. The van der Waals surface area contributed by atoms with Crippen molar-refractivity contribution < 1.29 is 0 Å². The first-order valence-corrected chi connectivity index (χ1v) is 5.22. The van der Waals surface area contributed by atoms with E-state index in [-0.39, 0.29) is 5.92 Å². The summed E-state index contributed by atoms with van der Waals surface area (Å²) in [5.74, 6) is 0.576. The van der Waals surface area contributed by atoms with Gasteiger partial charge in [-0.2, -0.15) is 5.26 Å². The van der Waals surface area contributed by atoms with Crippen LogP contribution >= 0.6 is 23.2 Å². The summed E-state index contributed by atoms with van der Waals surface area (Å²) in [6.45, 7) is 2.44. The van der Waals surface area contributed by atoms with E-state index in [1.54, 1.807) is 6.07 Å². The molecule has 1 aromatic rings. The number of rotatable bonds is 3. The van der Waals surface area contributed by atoms with Gasteiger partial charge in [-0.25, -0.2) is 4.98 Å². The van der Waals surface area contributed by atoms with Gasteiger partial charge >= 0.3 is 0 Å². The van der Waals surface area contributed by atoms with Gasteiger partial charge in [0.25, 0.3) is 0 Å². The van der Waals surface area contributed by atoms with Crippen molar-refractivity contribution in [1.82, 2.24) is 4.98 Å². The van der Waals surface area contributed by atoms with E-state index in [0.29, 0.717) is 22.4 Å². The molecule has 1 aromatic heterocycles. The zero-order chi connectivity index (χ0) is 11.4. The van der Waals surface area contributed by atoms with Crippen LogP contribution in [0, 0.1) is 17.2 Å². The van der Waals surface area contributed by atoms with Gasteiger partial charge in [0, 0.05) is 19.8 Å². The molecule has 0 saturated carbocycles. The van der Waals surface area contributed by atoms with Gasteiger partial charge in [-0.05, 0) is 13.0 Å². The molecule has 0 saturated heterocycles. The van der Waals surface area contributed by atoms with Crippen LogP contribution in [-0.4, -0.2) is 18.6 Å². The summed E-state index contributed by atoms with van der Waals surface area (Å²) >= 11 is 11.7. The zero-order valence-electron chi connectivity index (χ0n) is 8.54. The lowest BCUT2D eigenvalue weighted by Gasteiger charge is -2.20. The third kappa shape index (κ3) is 3.26. The summed E-state index contributed by atoms with van der Waals surface area (Å²) in [6.07, 6.45) is 1.54. The Morgan fingerprint density at radius 3 is 2.80 bits per heavy atom. The van der Waals surface area contributed by atoms with E-state index in [1.165, 1.54) is 6.20 Å². The minimum atomic E-state index is -0.0662. The van der Waals surface area contributed by atoms with Crippen LogP contribution in [0.1, 0.15) is 6.92 Å². The largest absolute Gasteiger partial charge is 0.357 e. The van der Waals surface area contributed by atoms with E-state index in [0.717, 1.165) is 0 Å². The first-order valence-electron chi connectivity index (χ1n) is 4.46. The quantitative estimate of drug-likeness (QED) is 0.820. The Kier molecular flexibility index (Phi) is 4.19. The Morgan fingerprint density at radius 1 is 1.60 bits per heavy atom. The van der Waals surface area contributed by atoms with Gasteiger partial charge in [-0.15, -0.1) is 0 Å². The van der Waals surface area contributed by atoms with Crippen molar-refractivity contribution >= 4 is 29.0 Å². The number of nitriles is 1. The molecule has 0 aliphatic rings. The second kappa shape index (κ2) is 5.20. The monoisotopic (exact) mass is 243 g/mol. The molecule has 0 bridgehead atoms. The maximum Gasteiger partial charge on any atom is 0.147 e. The molecule has 0 fully saturated rings. The molecular weight excluding hydrogens is 233 g/mol. The first-order chi connectivity index (χ1) is 7.04. The zero-order valence-corrected chi connectivity index (χ0v) is 10.0. The van der Waals surface area contributed by atoms with Crippen LogP contribution in [0.25, 0.3) is 0 Å². The standard InChI is InChI=1S/C10H11Cl2N3/c1-7(4-13)6-15(2)10-9(12)3-8(11)5-14-10/h3,5,7H,6H2,1-2H3. The summed E-state index contributed by atoms with van der Waals surface area (Å²) in [7, 11) is 1.84. The number of aromatic nitrogens is 1. The third-order valence-electron chi connectivity index (χ3n) is 1.92. The van der Waals surface area contributed by atoms with Crippen LogP contribution in [0.3, 0.4) is 0 Å². The predicted octanol–water partition coefficient (Wildman–Crippen LogP) is 2.98. The predicted molar refractivity (Wildman–Crippen MR) is 62.3 cm³/mol. The Morgan fingerprint density at radius 2 is 2.27 bits per heavy atom. The normalized spacial score (nSPS) is 11.9. The van der Waals surface area contributed by atoms with Gasteiger partial charge < -0.3 is 4.90 Å². The summed E-state index contributed by atoms with van der Waals surface area (Å²) in [4.78, 5) is 5.96. The molecule has 0 amide bonds. The highest BCUT2D eigenvalue weighted by Gasteiger charge is 2.11. The number of nitrogens with zero attached hydrogens (tertiary/aromatic N) is 3. The molecule has 1 rings (SSSR count). The van der Waals surface area contributed by atoms with E-state index in [1.807, 2.05) is 18.9 Å². The summed E-state index contributed by atoms with van der Waals surface area (Å²) in [5, 5.41) is 9.69. The van der Waals surface area contributed by atoms with E-state index in [4.69, 9.17) is 28.5 Å². The number of anilines is 1. The average molecular weight is 244 g/mol. The number of pyridine rings is 1. The highest BCUT2D eigenvalue weighted by Crippen LogP contribution is 2.25. The van der Waals surface area contributed by atoms with E-state index in [9.17, 15) is 0 Å². The Bertz CT molecular complexity index is 387. The van der Waals surface area contributed by atoms with Crippen molar-refractivity contribution in [3.05, 3.63) is 22.3 Å². The minimum absolute atomic E-state index is 0.0662. The highest BCUT2D eigenvalue weighted by molar-refractivity contribution is 6.35. The van der Waals surface area contributed by atoms with Crippen LogP contribution in [0.4, 0.5) is 5.82 Å². The van der Waals surface area contributed by atoms with E-state index < -0.39 is 0 Å². The minimum Gasteiger partial charge on any atom is -0.357 e. The fourth-order valence-corrected chi connectivity index (χ4v) is 1.75. The lowest BCUT2D eigenvalue weighted by Crippen LogP contribution is -2.24. The molecule has 1 atom stereocenters. The van der Waals surface area contributed by atoms with Crippen molar-refractivity contribution in [2.75, 3.05) is 18.5 Å². The van der Waals surface area contributed by atoms with Gasteiger partial charge in [0.15, 0.2) is 0 Å². The topological polar surface area (TPSA) is 39.9 Å². The van der Waals surface area contributed by atoms with Gasteiger partial charge in [0.2, 0.25) is 0 Å². The lowest BCUT2D eigenvalue weighted by molar-refractivity contribution is 0.710. The summed E-state index contributed by atoms with van der Waals surface area (Å²) in [5.41, 5.74) is 0. The summed E-state index contributed by atoms with van der Waals surface area (Å²) in [6, 6.07) is 3.80. The van der Waals surface area contributed by atoms with Crippen LogP contribution in [0.2, 0.25) is 10.0 Å². The summed E-state index contributed by atoms with van der Waals surface area (Å²) < 4.78 is 0. The van der Waals surface area contributed by atoms with Crippen molar-refractivity contribution in [1.29, 1.82) is 5.26 Å². The van der Waals surface area contributed by atoms with Gasteiger partial charge in [-0.1, -0.05) is 23.2 Å². The van der Waals surface area contributed by atoms with E-state index >= 15 is 0 Å². The van der Waals surface area contributed by atoms with Gasteiger partial charge in [0.1, 0.15) is 5.82 Å². The molecule has 3 nitrogen and oxygen atoms in total. The molecule has 1 unspecified atom stereocenters. The number of hydrogen-bond donors (Lipinski definition) is 0. The fourth-order valence-electron chi connectivity index (χ4n) is 1.23. The molecule has 0 N–H and O–H groups in total. The van der Waals surface area contributed by atoms with E-state index in [2.05, 4.69) is 11.1 Å². The van der Waals surface area contributed by atoms with Crippen LogP contribution in [0.15, 0.2) is 12.3 Å². The van der Waals surface area contributed by atoms with Crippen molar-refractivity contribution in [2.45, 2.75) is 6.92 Å². The lowest BCUT2D eigenvalue weighted by atomic mass is 10.2. The molecule has 0 aliphatic heterocycles. The van der Waals surface area contributed by atoms with Crippen LogP contribution in [-0.2, 0) is 0 Å². The third-order valence-corrected chi connectivity index (χ3v) is 2.40. The number of halogens is 2. The molecule has 1 heterocycles. The van der Waals surface area contributed by atoms with Crippen molar-refractivity contribution in [3.8, 4) is 6.07 Å². The fraction of sp³-hybridized carbons (Fsp3) is 0.400. The van der Waals surface area contributed by atoms with Crippen molar-refractivity contribution in [2.24, 2.45) is 5.92 Å². The Hall–Kier alpha value is -0.980. The molecule has 5 heteroatoms. The van der Waals surface area contributed by atoms with Gasteiger partial charge in [0.05, 0.1) is 22.0 Å². The second-order valence-corrected chi connectivity index (χ2v) is 4.21. The molecular formula is C10H11Cl2N3. The smallest absolute Gasteiger partial charge is 0.147 e. The maximum atomic E-state index is 8.69. The molecule has 0 aromatic carbocycles. The first kappa shape index (κ1) is 12.1. The Balaban J connectivity index is 2.83. The average Bonchev–Trinajstić information content (AvgIpc) is 2.17. The maximum absolute atomic E-state index is 8.69. The van der Waals surface area contributed by atoms with Crippen molar-refractivity contribution in [3.63, 3.8) is 0 Å². The molecule has 80 valence electrons. The SMILES string of the molecule is CC(C#N)CN(C)c1ncc(Cl)cc1Cl.